The van der Waals surface area contributed by atoms with E-state index < -0.39 is 0 Å². The molecule has 1 aliphatic rings. The molecule has 1 aromatic heterocycles. The van der Waals surface area contributed by atoms with E-state index in [1.165, 1.54) is 6.07 Å². The number of nitrogens with one attached hydrogen (secondary N) is 1. The van der Waals surface area contributed by atoms with Crippen molar-refractivity contribution in [1.29, 1.82) is 0 Å². The van der Waals surface area contributed by atoms with Crippen molar-refractivity contribution in [2.45, 2.75) is 11.8 Å². The average molecular weight is 184 g/mol. The summed E-state index contributed by atoms with van der Waals surface area (Å²) in [5.41, 5.74) is -0.666. The molecule has 5 heteroatoms. The highest BCUT2D eigenvalue weighted by Crippen LogP contribution is 2.47. The van der Waals surface area contributed by atoms with Gasteiger partial charge in [-0.25, -0.2) is 4.79 Å². The Morgan fingerprint density at radius 3 is 2.83 bits per heavy atom. The molecule has 1 aliphatic heterocycles. The second-order valence-electron chi connectivity index (χ2n) is 2.94. The summed E-state index contributed by atoms with van der Waals surface area (Å²) < 4.78 is 1.55. The van der Waals surface area contributed by atoms with Crippen molar-refractivity contribution in [3.8, 4) is 0 Å². The van der Waals surface area contributed by atoms with E-state index in [0.717, 1.165) is 5.75 Å². The number of H-pyrrole nitrogens is 1. The van der Waals surface area contributed by atoms with Crippen LogP contribution in [0.1, 0.15) is 6.92 Å². The Labute approximate surface area is 72.6 Å². The van der Waals surface area contributed by atoms with Crippen LogP contribution in [0, 0.1) is 0 Å². The first-order valence-electron chi connectivity index (χ1n) is 3.58. The summed E-state index contributed by atoms with van der Waals surface area (Å²) in [7, 11) is 0. The molecule has 2 rings (SSSR count). The number of hydrogen-bond acceptors (Lipinski definition) is 3. The van der Waals surface area contributed by atoms with Crippen molar-refractivity contribution < 1.29 is 0 Å². The molecule has 1 fully saturated rings. The predicted molar refractivity (Wildman–Crippen MR) is 47.4 cm³/mol. The molecule has 1 N–H and O–H groups in total. The molecule has 1 unspecified atom stereocenters. The molecule has 1 atom stereocenters. The van der Waals surface area contributed by atoms with Crippen molar-refractivity contribution in [3.63, 3.8) is 0 Å². The van der Waals surface area contributed by atoms with E-state index in [1.54, 1.807) is 22.5 Å². The van der Waals surface area contributed by atoms with E-state index in [1.807, 2.05) is 6.92 Å². The maximum absolute atomic E-state index is 11.2. The average Bonchev–Trinajstić information content (AvgIpc) is 2.68. The van der Waals surface area contributed by atoms with Gasteiger partial charge in [0.25, 0.3) is 5.56 Å². The summed E-state index contributed by atoms with van der Waals surface area (Å²) in [6.45, 7) is 1.97. The van der Waals surface area contributed by atoms with Crippen molar-refractivity contribution >= 4 is 11.8 Å². The van der Waals surface area contributed by atoms with Crippen LogP contribution in [-0.2, 0) is 4.87 Å². The van der Waals surface area contributed by atoms with E-state index in [-0.39, 0.29) is 16.1 Å². The van der Waals surface area contributed by atoms with Crippen LogP contribution in [0.15, 0.2) is 21.9 Å². The van der Waals surface area contributed by atoms with Crippen LogP contribution in [0.4, 0.5) is 0 Å². The van der Waals surface area contributed by atoms with Crippen molar-refractivity contribution in [2.75, 3.05) is 5.75 Å². The zero-order valence-corrected chi connectivity index (χ0v) is 7.35. The number of aromatic nitrogens is 2. The zero-order valence-electron chi connectivity index (χ0n) is 6.53. The first-order valence-corrected chi connectivity index (χ1v) is 4.57. The molecule has 0 radical (unpaired) electrons. The highest BCUT2D eigenvalue weighted by Gasteiger charge is 2.41. The summed E-state index contributed by atoms with van der Waals surface area (Å²) in [5, 5.41) is 0. The number of aromatic amines is 1. The van der Waals surface area contributed by atoms with Gasteiger partial charge in [0.05, 0.1) is 0 Å². The SMILES string of the molecule is CC1(n2ccc(=O)[nH]c2=O)CS1. The Balaban J connectivity index is 2.60. The second-order valence-corrected chi connectivity index (χ2v) is 4.40. The summed E-state index contributed by atoms with van der Waals surface area (Å²) in [4.78, 5) is 24.0. The highest BCUT2D eigenvalue weighted by molar-refractivity contribution is 8.07. The molecular formula is C7H8N2O2S. The van der Waals surface area contributed by atoms with Gasteiger partial charge in [-0.1, -0.05) is 0 Å². The minimum absolute atomic E-state index is 0.124. The van der Waals surface area contributed by atoms with Crippen molar-refractivity contribution in [3.05, 3.63) is 33.1 Å². The van der Waals surface area contributed by atoms with Gasteiger partial charge < -0.3 is 0 Å². The summed E-state index contributed by atoms with van der Waals surface area (Å²) in [6, 6.07) is 1.37. The van der Waals surface area contributed by atoms with Gasteiger partial charge in [-0.3, -0.25) is 14.3 Å². The molecule has 2 heterocycles. The smallest absolute Gasteiger partial charge is 0.285 e. The van der Waals surface area contributed by atoms with Crippen LogP contribution < -0.4 is 11.2 Å². The Hall–Kier alpha value is -0.970. The molecule has 0 aromatic carbocycles. The molecule has 0 saturated carbocycles. The maximum atomic E-state index is 11.2. The lowest BCUT2D eigenvalue weighted by Crippen LogP contribution is -2.33. The van der Waals surface area contributed by atoms with Gasteiger partial charge in [-0.15, -0.1) is 11.8 Å². The van der Waals surface area contributed by atoms with E-state index >= 15 is 0 Å². The summed E-state index contributed by atoms with van der Waals surface area (Å²) in [6.07, 6.45) is 1.54. The molecule has 0 bridgehead atoms. The fourth-order valence-electron chi connectivity index (χ4n) is 1.03. The molecular weight excluding hydrogens is 176 g/mol. The molecule has 64 valence electrons. The molecule has 12 heavy (non-hydrogen) atoms. The minimum Gasteiger partial charge on any atom is -0.285 e. The number of rotatable bonds is 1. The van der Waals surface area contributed by atoms with E-state index in [2.05, 4.69) is 4.98 Å². The van der Waals surface area contributed by atoms with Crippen LogP contribution >= 0.6 is 11.8 Å². The highest BCUT2D eigenvalue weighted by atomic mass is 32.2. The number of nitrogens with zero attached hydrogens (tertiary/aromatic N) is 1. The standard InChI is InChI=1S/C7H8N2O2S/c1-7(4-12-7)9-3-2-5(10)8-6(9)11/h2-3H,4H2,1H3,(H,8,10,11). The predicted octanol–water partition coefficient (Wildman–Crippen LogP) is -0.0439. The topological polar surface area (TPSA) is 54.9 Å². The van der Waals surface area contributed by atoms with Gasteiger partial charge in [0.1, 0.15) is 4.87 Å². The molecule has 4 nitrogen and oxygen atoms in total. The first-order chi connectivity index (χ1) is 5.62. The van der Waals surface area contributed by atoms with Crippen LogP contribution in [0.3, 0.4) is 0 Å². The Bertz CT molecular complexity index is 416. The lowest BCUT2D eigenvalue weighted by atomic mass is 10.4. The quantitative estimate of drug-likeness (QED) is 0.623. The summed E-state index contributed by atoms with van der Waals surface area (Å²) >= 11 is 1.68. The Morgan fingerprint density at radius 1 is 1.67 bits per heavy atom. The first kappa shape index (κ1) is 7.67. The van der Waals surface area contributed by atoms with Gasteiger partial charge in [-0.05, 0) is 6.92 Å². The third-order valence-electron chi connectivity index (χ3n) is 1.90. The van der Waals surface area contributed by atoms with E-state index in [0.29, 0.717) is 0 Å². The molecule has 0 aliphatic carbocycles. The van der Waals surface area contributed by atoms with Crippen LogP contribution in [0.5, 0.6) is 0 Å². The second kappa shape index (κ2) is 2.26. The third-order valence-corrected chi connectivity index (χ3v) is 3.22. The van der Waals surface area contributed by atoms with Gasteiger partial charge in [-0.2, -0.15) is 0 Å². The fourth-order valence-corrected chi connectivity index (χ4v) is 1.66. The third kappa shape index (κ3) is 1.10. The molecule has 0 amide bonds. The normalized spacial score (nSPS) is 27.1. The van der Waals surface area contributed by atoms with Crippen molar-refractivity contribution in [2.24, 2.45) is 0 Å². The lowest BCUT2D eigenvalue weighted by molar-refractivity contribution is 0.564. The van der Waals surface area contributed by atoms with Crippen LogP contribution in [-0.4, -0.2) is 15.3 Å². The van der Waals surface area contributed by atoms with Crippen LogP contribution in [0.25, 0.3) is 0 Å². The van der Waals surface area contributed by atoms with Gasteiger partial charge >= 0.3 is 5.69 Å². The van der Waals surface area contributed by atoms with E-state index in [9.17, 15) is 9.59 Å². The Morgan fingerprint density at radius 2 is 2.33 bits per heavy atom. The Kier molecular flexibility index (Phi) is 1.44. The molecule has 1 saturated heterocycles. The van der Waals surface area contributed by atoms with E-state index in [4.69, 9.17) is 0 Å². The van der Waals surface area contributed by atoms with Gasteiger partial charge in [0, 0.05) is 18.0 Å². The zero-order chi connectivity index (χ0) is 8.77. The summed E-state index contributed by atoms with van der Waals surface area (Å²) in [5.74, 6) is 0.930. The maximum Gasteiger partial charge on any atom is 0.329 e. The van der Waals surface area contributed by atoms with Gasteiger partial charge in [0.15, 0.2) is 0 Å². The largest absolute Gasteiger partial charge is 0.329 e. The lowest BCUT2D eigenvalue weighted by Gasteiger charge is -2.08. The van der Waals surface area contributed by atoms with Gasteiger partial charge in [0.2, 0.25) is 0 Å². The van der Waals surface area contributed by atoms with Crippen LogP contribution in [0.2, 0.25) is 0 Å². The van der Waals surface area contributed by atoms with Crippen molar-refractivity contribution in [1.82, 2.24) is 9.55 Å². The monoisotopic (exact) mass is 184 g/mol. The molecule has 0 spiro atoms. The minimum atomic E-state index is -0.342. The molecule has 1 aromatic rings. The number of thioether (sulfide) groups is 1. The fraction of sp³-hybridized carbons (Fsp3) is 0.429. The number of hydrogen-bond donors (Lipinski definition) is 1.